The number of hydrogen-bond acceptors (Lipinski definition) is 2. The zero-order chi connectivity index (χ0) is 2.71. The molecule has 0 aromatic carbocycles. The molecule has 0 bridgehead atoms. The Morgan fingerprint density at radius 1 is 1.60 bits per heavy atom. The van der Waals surface area contributed by atoms with Crippen LogP contribution in [0.15, 0.2) is 0 Å². The first-order valence-electron chi connectivity index (χ1n) is 0.333. The molecule has 0 heterocycles. The molecule has 0 amide bonds. The minimum Gasteiger partial charge on any atom is -0.0772 e. The predicted molar refractivity (Wildman–Crippen MR) is 18.1 cm³/mol. The Morgan fingerprint density at radius 2 is 1.60 bits per heavy atom. The summed E-state index contributed by atoms with van der Waals surface area (Å²) < 4.78 is 1.75. The molecule has 0 fully saturated rings. The maximum Gasteiger partial charge on any atom is 1.00 e. The third kappa shape index (κ3) is 103. The fourth-order valence-electron chi connectivity index (χ4n) is 0. The quantitative estimate of drug-likeness (QED) is 0.0983. The van der Waals surface area contributed by atoms with Crippen molar-refractivity contribution in [1.82, 2.24) is 0 Å². The van der Waals surface area contributed by atoms with E-state index in [0.29, 0.717) is 0 Å². The summed E-state index contributed by atoms with van der Waals surface area (Å²) in [5.74, 6) is 0. The normalized spacial score (nSPS) is 2.40. The summed E-state index contributed by atoms with van der Waals surface area (Å²) in [5, 5.41) is 7.88. The SMILES string of the molecule is [18O]=[18O+][18O-].[AlH4-].[Li+]. The van der Waals surface area contributed by atoms with Gasteiger partial charge >= 0.3 is 18.9 Å². The van der Waals surface area contributed by atoms with Gasteiger partial charge in [0.1, 0.15) is 0 Å². The molecule has 0 aromatic rings. The van der Waals surface area contributed by atoms with Crippen molar-refractivity contribution in [2.75, 3.05) is 0 Å². The summed E-state index contributed by atoms with van der Waals surface area (Å²) in [6.07, 6.45) is 0. The molecule has 0 aliphatic rings. The molecule has 0 unspecified atom stereocenters. The van der Waals surface area contributed by atoms with Crippen LogP contribution in [-0.2, 0) is 0 Å². The fraction of sp³-hybridized carbons (Fsp3) is 0. The minimum absolute atomic E-state index is 0. The maximum atomic E-state index is 7.88. The average Bonchev–Trinajstić information content (AvgIpc) is 0.918. The summed E-state index contributed by atoms with van der Waals surface area (Å²) >= 11 is 0. The molecule has 0 saturated heterocycles. The molecule has 0 atom stereocenters. The summed E-state index contributed by atoms with van der Waals surface area (Å²) in [5.41, 5.74) is 0. The maximum absolute atomic E-state index is 7.88. The molecule has 5 heteroatoms. The summed E-state index contributed by atoms with van der Waals surface area (Å²) in [6.45, 7) is 0. The largest absolute Gasteiger partial charge is 1.00 e. The molecular weight excluding hydrogens is 87.9 g/mol. The number of rotatable bonds is 0. The standard InChI is InChI=1S/Al.Li.O3.4H/c;;1-3-2;;;;/q-1;+1;;;;;/i;;1+2,2+2,3+2;;;;. The Hall–Kier alpha value is 0.530. The second-order valence-electron chi connectivity index (χ2n) is 0.0680. The van der Waals surface area contributed by atoms with E-state index in [1.165, 1.54) is 0 Å². The zero-order valence-corrected chi connectivity index (χ0v) is 2.22. The van der Waals surface area contributed by atoms with Crippen LogP contribution in [0.3, 0.4) is 0 Å². The van der Waals surface area contributed by atoms with Crippen LogP contribution in [0.2, 0.25) is 0 Å². The van der Waals surface area contributed by atoms with Gasteiger partial charge in [-0.1, -0.05) is 10.2 Å². The Labute approximate surface area is 51.5 Å². The van der Waals surface area contributed by atoms with Gasteiger partial charge in [0.15, 0.2) is 4.75 Å². The van der Waals surface area contributed by atoms with Gasteiger partial charge in [-0.25, -0.2) is 0 Å². The van der Waals surface area contributed by atoms with Crippen LogP contribution >= 0.6 is 0 Å². The average molecular weight is 92.0 g/mol. The molecule has 0 N–H and O–H groups in total. The van der Waals surface area contributed by atoms with E-state index >= 15 is 0 Å². The number of hydrogen-bond donors (Lipinski definition) is 0. The molecule has 3 nitrogen and oxygen atoms in total. The van der Waals surface area contributed by atoms with E-state index in [9.17, 15) is 0 Å². The van der Waals surface area contributed by atoms with Gasteiger partial charge in [-0.3, -0.25) is 0 Å². The molecular formula is H4AlLiO3. The Bertz CT molecular complexity index is 14.4. The van der Waals surface area contributed by atoms with Gasteiger partial charge in [0.2, 0.25) is 0 Å². The second-order valence-corrected chi connectivity index (χ2v) is 0.0680. The van der Waals surface area contributed by atoms with Gasteiger partial charge in [0.05, 0.1) is 0 Å². The van der Waals surface area contributed by atoms with Gasteiger partial charge in [-0.15, -0.1) is 0 Å². The minimum atomic E-state index is 0. The first kappa shape index (κ1) is 17.7. The van der Waals surface area contributed by atoms with E-state index in [1.54, 1.807) is 4.75 Å². The third-order valence-electron chi connectivity index (χ3n) is 0. The van der Waals surface area contributed by atoms with Crippen molar-refractivity contribution in [3.05, 3.63) is 9.71 Å². The smallest absolute Gasteiger partial charge is 0.0772 e. The van der Waals surface area contributed by atoms with Crippen LogP contribution in [0, 0.1) is 9.71 Å². The first-order valence-corrected chi connectivity index (χ1v) is 0.333. The van der Waals surface area contributed by atoms with Crippen LogP contribution in [0.4, 0.5) is 0 Å². The van der Waals surface area contributed by atoms with Gasteiger partial charge in [0, 0.05) is 17.4 Å². The van der Waals surface area contributed by atoms with E-state index in [-0.39, 0.29) is 36.2 Å². The molecule has 5 heavy (non-hydrogen) atoms. The fourth-order valence-corrected chi connectivity index (χ4v) is 0. The van der Waals surface area contributed by atoms with Gasteiger partial charge in [0.25, 0.3) is 0 Å². The Kier molecular flexibility index (Phi) is 85.5. The zero-order valence-electron chi connectivity index (χ0n) is 2.22. The van der Waals surface area contributed by atoms with Gasteiger partial charge < -0.3 is 0 Å². The monoisotopic (exact) mass is 92.0 g/mol. The third-order valence-corrected chi connectivity index (χ3v) is 0. The van der Waals surface area contributed by atoms with Crippen LogP contribution in [0.1, 0.15) is 0 Å². The van der Waals surface area contributed by atoms with Crippen molar-refractivity contribution in [2.45, 2.75) is 0 Å². The summed E-state index contributed by atoms with van der Waals surface area (Å²) in [7, 11) is 0. The topological polar surface area (TPSA) is 51.4 Å². The molecule has 0 aliphatic heterocycles. The molecule has 0 radical (unpaired) electrons. The second kappa shape index (κ2) is 24.1. The van der Waals surface area contributed by atoms with Crippen LogP contribution in [0.25, 0.3) is 0 Å². The van der Waals surface area contributed by atoms with E-state index in [0.717, 1.165) is 0 Å². The van der Waals surface area contributed by atoms with Crippen molar-refractivity contribution in [3.63, 3.8) is 0 Å². The molecule has 26 valence electrons. The molecule has 0 rings (SSSR count). The summed E-state index contributed by atoms with van der Waals surface area (Å²) in [4.78, 5) is 7.88. The predicted octanol–water partition coefficient (Wildman–Crippen LogP) is -5.57. The van der Waals surface area contributed by atoms with Crippen molar-refractivity contribution in [3.8, 4) is 0 Å². The first-order chi connectivity index (χ1) is 1.41. The molecule has 0 saturated carbocycles. The van der Waals surface area contributed by atoms with Crippen LogP contribution < -0.4 is 24.1 Å². The molecule has 0 aromatic heterocycles. The Morgan fingerprint density at radius 3 is 1.60 bits per heavy atom. The van der Waals surface area contributed by atoms with E-state index in [4.69, 9.17) is 10.2 Å². The van der Waals surface area contributed by atoms with Crippen LogP contribution in [-0.4, -0.2) is 17.4 Å². The van der Waals surface area contributed by atoms with E-state index in [1.807, 2.05) is 0 Å². The van der Waals surface area contributed by atoms with Gasteiger partial charge in [-0.2, -0.15) is 0 Å². The van der Waals surface area contributed by atoms with Crippen molar-refractivity contribution in [1.29, 1.82) is 0 Å². The molecule has 0 aliphatic carbocycles. The Balaban J connectivity index is -0.0000000200. The van der Waals surface area contributed by atoms with Gasteiger partial charge in [-0.05, 0) is 0 Å². The van der Waals surface area contributed by atoms with E-state index < -0.39 is 0 Å². The van der Waals surface area contributed by atoms with E-state index in [2.05, 4.69) is 0 Å². The van der Waals surface area contributed by atoms with Crippen molar-refractivity contribution >= 4 is 17.4 Å². The van der Waals surface area contributed by atoms with Crippen LogP contribution in [0.5, 0.6) is 0 Å². The van der Waals surface area contributed by atoms with Crippen molar-refractivity contribution in [2.24, 2.45) is 0 Å². The van der Waals surface area contributed by atoms with Crippen molar-refractivity contribution < 1.29 is 24.1 Å². The molecule has 0 spiro atoms. The summed E-state index contributed by atoms with van der Waals surface area (Å²) in [6, 6.07) is 0.